The molecule has 2 aliphatic heterocycles. The molecule has 3 heterocycles. The quantitative estimate of drug-likeness (QED) is 0.0700. The molecule has 19 heteroatoms. The molecular formula is C38H40O19. The van der Waals surface area contributed by atoms with Gasteiger partial charge in [0.2, 0.25) is 0 Å². The van der Waals surface area contributed by atoms with Gasteiger partial charge in [-0.1, -0.05) is 6.07 Å². The molecule has 6 rings (SSSR count). The largest absolute Gasteiger partial charge is 0.507 e. The Morgan fingerprint density at radius 1 is 0.772 bits per heavy atom. The van der Waals surface area contributed by atoms with E-state index in [-0.39, 0.29) is 39.9 Å². The van der Waals surface area contributed by atoms with E-state index < -0.39 is 108 Å². The summed E-state index contributed by atoms with van der Waals surface area (Å²) in [7, 11) is 2.66. The van der Waals surface area contributed by atoms with Crippen molar-refractivity contribution < 1.29 is 88.7 Å². The van der Waals surface area contributed by atoms with Gasteiger partial charge >= 0.3 is 5.97 Å². The molecule has 0 radical (unpaired) electrons. The minimum Gasteiger partial charge on any atom is -0.507 e. The van der Waals surface area contributed by atoms with E-state index in [1.165, 1.54) is 56.7 Å². The minimum atomic E-state index is -2.04. The van der Waals surface area contributed by atoms with E-state index in [2.05, 4.69) is 0 Å². The normalized spacial score (nSPS) is 27.7. The number of aromatic hydroxyl groups is 4. The Balaban J connectivity index is 1.27. The lowest BCUT2D eigenvalue weighted by atomic mass is 9.89. The summed E-state index contributed by atoms with van der Waals surface area (Å²) in [5.41, 5.74) is -0.952. The summed E-state index contributed by atoms with van der Waals surface area (Å²) in [6.45, 7) is -1.58. The van der Waals surface area contributed by atoms with Crippen molar-refractivity contribution >= 4 is 23.0 Å². The molecule has 1 aromatic heterocycles. The van der Waals surface area contributed by atoms with Crippen LogP contribution < -0.4 is 14.9 Å². The molecule has 306 valence electrons. The van der Waals surface area contributed by atoms with E-state index in [1.807, 2.05) is 0 Å². The fourth-order valence-corrected chi connectivity index (χ4v) is 6.53. The highest BCUT2D eigenvalue weighted by atomic mass is 16.7. The Hall–Kier alpha value is -5.48. The van der Waals surface area contributed by atoms with Crippen molar-refractivity contribution in [2.75, 3.05) is 27.4 Å². The van der Waals surface area contributed by atoms with Crippen LogP contribution in [-0.4, -0.2) is 140 Å². The lowest BCUT2D eigenvalue weighted by Gasteiger charge is -2.46. The number of aliphatic hydroxyl groups is 6. The summed E-state index contributed by atoms with van der Waals surface area (Å²) in [4.78, 5) is 26.0. The zero-order valence-electron chi connectivity index (χ0n) is 30.1. The van der Waals surface area contributed by atoms with E-state index in [0.717, 1.165) is 18.2 Å². The predicted molar refractivity (Wildman–Crippen MR) is 192 cm³/mol. The molecule has 57 heavy (non-hydrogen) atoms. The second-order valence-electron chi connectivity index (χ2n) is 13.2. The number of carbonyl (C=O) groups is 1. The van der Waals surface area contributed by atoms with Crippen molar-refractivity contribution in [3.63, 3.8) is 0 Å². The number of esters is 1. The minimum absolute atomic E-state index is 0.0372. The number of rotatable bonds is 11. The van der Waals surface area contributed by atoms with E-state index in [9.17, 15) is 60.7 Å². The first kappa shape index (κ1) is 41.2. The number of hydrogen-bond acceptors (Lipinski definition) is 19. The molecule has 10 atom stereocenters. The molecule has 2 fully saturated rings. The summed E-state index contributed by atoms with van der Waals surface area (Å²) in [6.07, 6.45) is -16.2. The van der Waals surface area contributed by atoms with Gasteiger partial charge in [0.15, 0.2) is 34.7 Å². The first-order chi connectivity index (χ1) is 27.2. The van der Waals surface area contributed by atoms with Gasteiger partial charge in [0, 0.05) is 23.8 Å². The van der Waals surface area contributed by atoms with Crippen LogP contribution in [0, 0.1) is 0 Å². The van der Waals surface area contributed by atoms with Gasteiger partial charge < -0.3 is 83.9 Å². The van der Waals surface area contributed by atoms with Gasteiger partial charge in [-0.15, -0.1) is 0 Å². The van der Waals surface area contributed by atoms with Crippen molar-refractivity contribution in [2.45, 2.75) is 61.2 Å². The van der Waals surface area contributed by atoms with Gasteiger partial charge in [0.05, 0.1) is 26.4 Å². The Labute approximate surface area is 321 Å². The number of hydrogen-bond donors (Lipinski definition) is 10. The molecule has 0 amide bonds. The van der Waals surface area contributed by atoms with Gasteiger partial charge in [-0.25, -0.2) is 4.79 Å². The third-order valence-electron chi connectivity index (χ3n) is 9.59. The first-order valence-corrected chi connectivity index (χ1v) is 17.3. The SMILES string of the molecule is COc1cc(C=CC(=O)OC[C@H]2O[C@H](O[C@@H]3[C@@H](O)[C@H](O)[C@@H](CO)O[C@H]3c3c(O)cc4oc(-c5ccc(O)c(OC)c5)cc(=O)c4c3O)[C@H](O)[C@@H](O)[C@@H]2O)ccc1O. The Morgan fingerprint density at radius 3 is 2.12 bits per heavy atom. The molecule has 19 nitrogen and oxygen atoms in total. The van der Waals surface area contributed by atoms with Crippen LogP contribution in [0.3, 0.4) is 0 Å². The van der Waals surface area contributed by atoms with E-state index in [1.54, 1.807) is 0 Å². The first-order valence-electron chi connectivity index (χ1n) is 17.3. The maximum Gasteiger partial charge on any atom is 0.330 e. The summed E-state index contributed by atoms with van der Waals surface area (Å²) in [6, 6.07) is 10.4. The van der Waals surface area contributed by atoms with Crippen LogP contribution in [0.5, 0.6) is 34.5 Å². The highest BCUT2D eigenvalue weighted by molar-refractivity contribution is 5.88. The summed E-state index contributed by atoms with van der Waals surface area (Å²) in [5.74, 6) is -2.73. The standard InChI is InChI=1S/C38H40O19/c1-51-22-9-15(3-6-17(22)40)4-8-27(44)53-14-26-31(46)33(48)35(50)38(56-26)57-37-34(49)30(45)25(13-39)55-36(37)29-20(43)12-24-28(32(29)47)19(42)11-21(54-24)16-5-7-18(41)23(10-16)52-2/h3-12,25-26,30-31,33-41,43,45-50H,13-14H2,1-2H3/t25-,26-,30-,31-,33+,34+,35-,36+,37-,38-/m1/s1. The van der Waals surface area contributed by atoms with Gasteiger partial charge in [0.25, 0.3) is 0 Å². The second-order valence-corrected chi connectivity index (χ2v) is 13.2. The number of methoxy groups -OCH3 is 2. The number of carbonyl (C=O) groups excluding carboxylic acids is 1. The third-order valence-corrected chi connectivity index (χ3v) is 9.59. The summed E-state index contributed by atoms with van der Waals surface area (Å²) >= 11 is 0. The van der Waals surface area contributed by atoms with Crippen LogP contribution in [0.25, 0.3) is 28.4 Å². The maximum atomic E-state index is 13.5. The molecule has 2 aliphatic rings. The molecule has 0 aliphatic carbocycles. The van der Waals surface area contributed by atoms with Crippen LogP contribution in [0.4, 0.5) is 0 Å². The average molecular weight is 801 g/mol. The van der Waals surface area contributed by atoms with Crippen molar-refractivity contribution in [3.8, 4) is 45.8 Å². The lowest BCUT2D eigenvalue weighted by molar-refractivity contribution is -0.342. The lowest BCUT2D eigenvalue weighted by Crippen LogP contribution is -2.63. The third kappa shape index (κ3) is 8.19. The maximum absolute atomic E-state index is 13.5. The number of aliphatic hydroxyl groups excluding tert-OH is 6. The van der Waals surface area contributed by atoms with Gasteiger partial charge in [-0.05, 0) is 42.0 Å². The van der Waals surface area contributed by atoms with E-state index in [0.29, 0.717) is 5.56 Å². The summed E-state index contributed by atoms with van der Waals surface area (Å²) < 4.78 is 38.4. The Morgan fingerprint density at radius 2 is 1.44 bits per heavy atom. The van der Waals surface area contributed by atoms with Crippen molar-refractivity contribution in [3.05, 3.63) is 76.0 Å². The average Bonchev–Trinajstić information content (AvgIpc) is 3.19. The zero-order valence-corrected chi connectivity index (χ0v) is 30.1. The molecule has 2 saturated heterocycles. The van der Waals surface area contributed by atoms with Crippen LogP contribution in [-0.2, 0) is 23.7 Å². The fourth-order valence-electron chi connectivity index (χ4n) is 6.53. The van der Waals surface area contributed by atoms with Gasteiger partial charge in [-0.2, -0.15) is 0 Å². The molecule has 0 bridgehead atoms. The number of phenolic OH excluding ortho intramolecular Hbond substituents is 4. The molecule has 3 aromatic carbocycles. The smallest absolute Gasteiger partial charge is 0.330 e. The highest BCUT2D eigenvalue weighted by Gasteiger charge is 2.52. The Kier molecular flexibility index (Phi) is 12.2. The van der Waals surface area contributed by atoms with Crippen LogP contribution in [0.15, 0.2) is 63.8 Å². The number of ether oxygens (including phenoxy) is 6. The van der Waals surface area contributed by atoms with E-state index in [4.69, 9.17) is 32.8 Å². The number of benzene rings is 3. The highest BCUT2D eigenvalue weighted by Crippen LogP contribution is 2.46. The van der Waals surface area contributed by atoms with E-state index >= 15 is 0 Å². The van der Waals surface area contributed by atoms with Crippen LogP contribution in [0.1, 0.15) is 17.2 Å². The molecule has 10 N–H and O–H groups in total. The van der Waals surface area contributed by atoms with Crippen molar-refractivity contribution in [1.29, 1.82) is 0 Å². The Bertz CT molecular complexity index is 2180. The number of phenols is 4. The second kappa shape index (κ2) is 16.9. The summed E-state index contributed by atoms with van der Waals surface area (Å²) in [5, 5.41) is 106. The topological polar surface area (TPSA) is 305 Å². The number of fused-ring (bicyclic) bond motifs is 1. The van der Waals surface area contributed by atoms with Gasteiger partial charge in [0.1, 0.15) is 89.8 Å². The fraction of sp³-hybridized carbons (Fsp3) is 0.368. The van der Waals surface area contributed by atoms with Crippen molar-refractivity contribution in [2.24, 2.45) is 0 Å². The molecule has 4 aromatic rings. The molecule has 0 saturated carbocycles. The monoisotopic (exact) mass is 800 g/mol. The molecule has 0 spiro atoms. The van der Waals surface area contributed by atoms with Crippen LogP contribution >= 0.6 is 0 Å². The molecular weight excluding hydrogens is 760 g/mol. The van der Waals surface area contributed by atoms with Crippen molar-refractivity contribution in [1.82, 2.24) is 0 Å². The van der Waals surface area contributed by atoms with Gasteiger partial charge in [-0.3, -0.25) is 4.79 Å². The predicted octanol–water partition coefficient (Wildman–Crippen LogP) is -0.0970. The zero-order chi connectivity index (χ0) is 41.3. The molecule has 0 unspecified atom stereocenters. The van der Waals surface area contributed by atoms with Crippen LogP contribution in [0.2, 0.25) is 0 Å².